The fourth-order valence-electron chi connectivity index (χ4n) is 2.40. The molecule has 9 heteroatoms. The summed E-state index contributed by atoms with van der Waals surface area (Å²) in [5.74, 6) is -0.327. The van der Waals surface area contributed by atoms with Gasteiger partial charge in [-0.3, -0.25) is 4.79 Å². The van der Waals surface area contributed by atoms with Crippen LogP contribution in [0.15, 0.2) is 36.4 Å². The first kappa shape index (κ1) is 19.6. The smallest absolute Gasteiger partial charge is 0.351 e. The van der Waals surface area contributed by atoms with Gasteiger partial charge in [0, 0.05) is 0 Å². The third kappa shape index (κ3) is 4.58. The molecule has 3 rings (SSSR count). The Morgan fingerprint density at radius 1 is 1.04 bits per heavy atom. The van der Waals surface area contributed by atoms with E-state index in [-0.39, 0.29) is 20.8 Å². The van der Waals surface area contributed by atoms with Gasteiger partial charge in [-0.25, -0.2) is 4.79 Å². The van der Waals surface area contributed by atoms with Gasteiger partial charge in [-0.05, 0) is 31.2 Å². The Morgan fingerprint density at radius 2 is 1.67 bits per heavy atom. The topological polar surface area (TPSA) is 73.9 Å². The summed E-state index contributed by atoms with van der Waals surface area (Å²) in [6, 6.07) is 9.78. The summed E-state index contributed by atoms with van der Waals surface area (Å²) in [7, 11) is 0. The molecule has 0 aromatic heterocycles. The molecule has 0 spiro atoms. The lowest BCUT2D eigenvalue weighted by atomic mass is 10.2. The quantitative estimate of drug-likeness (QED) is 0.576. The molecule has 0 saturated carbocycles. The van der Waals surface area contributed by atoms with Crippen LogP contribution in [0.3, 0.4) is 0 Å². The van der Waals surface area contributed by atoms with E-state index in [0.717, 1.165) is 0 Å². The number of benzene rings is 2. The minimum absolute atomic E-state index is 0.207. The molecular formula is C18H14Cl3NO5. The highest BCUT2D eigenvalue weighted by molar-refractivity contribution is 6.44. The number of esters is 1. The average molecular weight is 431 g/mol. The van der Waals surface area contributed by atoms with E-state index < -0.39 is 30.7 Å². The van der Waals surface area contributed by atoms with Crippen LogP contribution < -0.4 is 14.8 Å². The number of amides is 1. The van der Waals surface area contributed by atoms with Crippen LogP contribution in [0.25, 0.3) is 0 Å². The number of anilines is 1. The summed E-state index contributed by atoms with van der Waals surface area (Å²) < 4.78 is 16.3. The standard InChI is InChI=1S/C18H14Cl3NO5/c1-9-17(27-15-5-3-2-4-14(15)26-9)18(24)25-8-16(23)22-13-7-11(20)10(19)6-12(13)21/h2-7,9,17H,8H2,1H3,(H,22,23). The van der Waals surface area contributed by atoms with Crippen molar-refractivity contribution in [2.45, 2.75) is 19.1 Å². The number of carbonyl (C=O) groups excluding carboxylic acids is 2. The second-order valence-electron chi connectivity index (χ2n) is 5.71. The Bertz CT molecular complexity index is 889. The van der Waals surface area contributed by atoms with E-state index in [0.29, 0.717) is 11.5 Å². The Labute approximate surface area is 170 Å². The van der Waals surface area contributed by atoms with E-state index in [4.69, 9.17) is 49.0 Å². The second kappa shape index (κ2) is 8.25. The normalized spacial score (nSPS) is 17.9. The second-order valence-corrected chi connectivity index (χ2v) is 6.93. The SMILES string of the molecule is CC1Oc2ccccc2OC1C(=O)OCC(=O)Nc1cc(Cl)c(Cl)cc1Cl. The van der Waals surface area contributed by atoms with Gasteiger partial charge in [-0.1, -0.05) is 46.9 Å². The molecule has 0 radical (unpaired) electrons. The predicted molar refractivity (Wildman–Crippen MR) is 102 cm³/mol. The summed E-state index contributed by atoms with van der Waals surface area (Å²) in [6.45, 7) is 1.15. The number of halogens is 3. The van der Waals surface area contributed by atoms with Crippen LogP contribution in [0.4, 0.5) is 5.69 Å². The van der Waals surface area contributed by atoms with Crippen molar-refractivity contribution >= 4 is 52.4 Å². The molecule has 27 heavy (non-hydrogen) atoms. The molecule has 0 saturated heterocycles. The summed E-state index contributed by atoms with van der Waals surface area (Å²) >= 11 is 17.7. The first-order chi connectivity index (χ1) is 12.8. The molecule has 0 aliphatic carbocycles. The van der Waals surface area contributed by atoms with Gasteiger partial charge in [0.2, 0.25) is 6.10 Å². The number of rotatable bonds is 4. The molecule has 1 heterocycles. The van der Waals surface area contributed by atoms with Gasteiger partial charge < -0.3 is 19.5 Å². The number of hydrogen-bond acceptors (Lipinski definition) is 5. The van der Waals surface area contributed by atoms with Crippen molar-refractivity contribution in [2.75, 3.05) is 11.9 Å². The van der Waals surface area contributed by atoms with Gasteiger partial charge in [0.15, 0.2) is 18.1 Å². The van der Waals surface area contributed by atoms with Gasteiger partial charge in [0.25, 0.3) is 5.91 Å². The maximum atomic E-state index is 12.3. The lowest BCUT2D eigenvalue weighted by Crippen LogP contribution is -2.45. The zero-order valence-electron chi connectivity index (χ0n) is 14.0. The number of hydrogen-bond donors (Lipinski definition) is 1. The Kier molecular flexibility index (Phi) is 5.99. The summed E-state index contributed by atoms with van der Waals surface area (Å²) in [4.78, 5) is 24.3. The lowest BCUT2D eigenvalue weighted by Gasteiger charge is -2.30. The number of ether oxygens (including phenoxy) is 3. The van der Waals surface area contributed by atoms with Crippen LogP contribution in [0, 0.1) is 0 Å². The largest absolute Gasteiger partial charge is 0.482 e. The number of para-hydroxylation sites is 2. The highest BCUT2D eigenvalue weighted by atomic mass is 35.5. The monoisotopic (exact) mass is 429 g/mol. The summed E-state index contributed by atoms with van der Waals surface area (Å²) in [5.41, 5.74) is 0.256. The first-order valence-corrected chi connectivity index (χ1v) is 9.02. The molecule has 0 fully saturated rings. The maximum Gasteiger partial charge on any atom is 0.351 e. The van der Waals surface area contributed by atoms with Crippen molar-refractivity contribution in [1.82, 2.24) is 0 Å². The van der Waals surface area contributed by atoms with Crippen LogP contribution in [0.5, 0.6) is 11.5 Å². The molecule has 2 unspecified atom stereocenters. The predicted octanol–water partition coefficient (Wildman–Crippen LogP) is 4.36. The average Bonchev–Trinajstić information content (AvgIpc) is 2.63. The van der Waals surface area contributed by atoms with Crippen LogP contribution >= 0.6 is 34.8 Å². The molecule has 6 nitrogen and oxygen atoms in total. The minimum atomic E-state index is -0.985. The van der Waals surface area contributed by atoms with Crippen LogP contribution in [-0.2, 0) is 14.3 Å². The summed E-state index contributed by atoms with van der Waals surface area (Å²) in [6.07, 6.45) is -1.55. The molecule has 2 aromatic carbocycles. The Hall–Kier alpha value is -2.15. The van der Waals surface area contributed by atoms with E-state index in [1.54, 1.807) is 31.2 Å². The minimum Gasteiger partial charge on any atom is -0.482 e. The van der Waals surface area contributed by atoms with Crippen molar-refractivity contribution in [1.29, 1.82) is 0 Å². The van der Waals surface area contributed by atoms with Crippen molar-refractivity contribution in [3.8, 4) is 11.5 Å². The van der Waals surface area contributed by atoms with Gasteiger partial charge >= 0.3 is 5.97 Å². The third-order valence-electron chi connectivity index (χ3n) is 3.70. The fourth-order valence-corrected chi connectivity index (χ4v) is 3.00. The zero-order valence-corrected chi connectivity index (χ0v) is 16.3. The number of fused-ring (bicyclic) bond motifs is 1. The van der Waals surface area contributed by atoms with Gasteiger partial charge in [-0.15, -0.1) is 0 Å². The van der Waals surface area contributed by atoms with E-state index in [2.05, 4.69) is 5.32 Å². The highest BCUT2D eigenvalue weighted by Gasteiger charge is 2.35. The molecule has 1 amide bonds. The molecule has 1 aliphatic rings. The molecule has 1 N–H and O–H groups in total. The van der Waals surface area contributed by atoms with E-state index in [1.807, 2.05) is 0 Å². The Morgan fingerprint density at radius 3 is 2.37 bits per heavy atom. The van der Waals surface area contributed by atoms with E-state index in [9.17, 15) is 9.59 Å². The fraction of sp³-hybridized carbons (Fsp3) is 0.222. The molecular weight excluding hydrogens is 417 g/mol. The summed E-state index contributed by atoms with van der Waals surface area (Å²) in [5, 5.41) is 3.20. The molecule has 0 bridgehead atoms. The van der Waals surface area contributed by atoms with E-state index in [1.165, 1.54) is 12.1 Å². The van der Waals surface area contributed by atoms with Gasteiger partial charge in [0.05, 0.1) is 20.8 Å². The molecule has 142 valence electrons. The highest BCUT2D eigenvalue weighted by Crippen LogP contribution is 2.34. The van der Waals surface area contributed by atoms with Gasteiger partial charge in [-0.2, -0.15) is 0 Å². The van der Waals surface area contributed by atoms with Crippen LogP contribution in [-0.4, -0.2) is 30.7 Å². The van der Waals surface area contributed by atoms with Crippen molar-refractivity contribution in [2.24, 2.45) is 0 Å². The number of carbonyl (C=O) groups is 2. The number of nitrogens with one attached hydrogen (secondary N) is 1. The van der Waals surface area contributed by atoms with Gasteiger partial charge in [0.1, 0.15) is 6.10 Å². The van der Waals surface area contributed by atoms with Crippen molar-refractivity contribution < 1.29 is 23.8 Å². The van der Waals surface area contributed by atoms with Crippen molar-refractivity contribution in [3.05, 3.63) is 51.5 Å². The lowest BCUT2D eigenvalue weighted by molar-refractivity contribution is -0.159. The molecule has 1 aliphatic heterocycles. The molecule has 2 atom stereocenters. The first-order valence-electron chi connectivity index (χ1n) is 7.88. The van der Waals surface area contributed by atoms with E-state index >= 15 is 0 Å². The van der Waals surface area contributed by atoms with Crippen LogP contribution in [0.2, 0.25) is 15.1 Å². The Balaban J connectivity index is 1.58. The zero-order chi connectivity index (χ0) is 19.6. The third-order valence-corrected chi connectivity index (χ3v) is 4.74. The van der Waals surface area contributed by atoms with Crippen LogP contribution in [0.1, 0.15) is 6.92 Å². The van der Waals surface area contributed by atoms with Crippen molar-refractivity contribution in [3.63, 3.8) is 0 Å². The molecule has 2 aromatic rings. The maximum absolute atomic E-state index is 12.3.